The van der Waals surface area contributed by atoms with Gasteiger partial charge in [0.1, 0.15) is 11.4 Å². The van der Waals surface area contributed by atoms with E-state index in [4.69, 9.17) is 23.1 Å². The minimum atomic E-state index is -4.03. The highest BCUT2D eigenvalue weighted by atomic mass is 35.5. The van der Waals surface area contributed by atoms with Crippen LogP contribution in [0.5, 0.6) is 0 Å². The number of aryl methyl sites for hydroxylation is 1. The summed E-state index contributed by atoms with van der Waals surface area (Å²) in [5.41, 5.74) is 0.797. The third-order valence-corrected chi connectivity index (χ3v) is 4.56. The summed E-state index contributed by atoms with van der Waals surface area (Å²) in [4.78, 5) is 10.5. The first-order chi connectivity index (χ1) is 8.78. The lowest BCUT2D eigenvalue weighted by atomic mass is 10.2. The van der Waals surface area contributed by atoms with E-state index in [1.54, 1.807) is 13.0 Å². The van der Waals surface area contributed by atoms with E-state index >= 15 is 0 Å². The monoisotopic (exact) mass is 301 g/mol. The Labute approximate surface area is 116 Å². The summed E-state index contributed by atoms with van der Waals surface area (Å²) in [6, 6.07) is 4.40. The quantitative estimate of drug-likeness (QED) is 0.833. The van der Waals surface area contributed by atoms with Gasteiger partial charge in [-0.1, -0.05) is 23.6 Å². The average molecular weight is 302 g/mol. The first-order valence-corrected chi connectivity index (χ1v) is 7.02. The molecule has 7 heteroatoms. The summed E-state index contributed by atoms with van der Waals surface area (Å²) in [6.45, 7) is 0.717. The Bertz CT molecular complexity index is 634. The number of nitrogens with zero attached hydrogens (tertiary/aromatic N) is 1. The van der Waals surface area contributed by atoms with Gasteiger partial charge in [0.25, 0.3) is 0 Å². The molecular weight excluding hydrogens is 290 g/mol. The number of benzene rings is 1. The van der Waals surface area contributed by atoms with E-state index in [1.807, 2.05) is 0 Å². The highest BCUT2D eigenvalue weighted by Crippen LogP contribution is 2.25. The van der Waals surface area contributed by atoms with Gasteiger partial charge in [-0.15, -0.1) is 6.42 Å². The molecule has 1 aromatic carbocycles. The lowest BCUT2D eigenvalue weighted by Crippen LogP contribution is -2.36. The summed E-state index contributed by atoms with van der Waals surface area (Å²) >= 11 is 5.89. The lowest BCUT2D eigenvalue weighted by molar-refractivity contribution is -0.137. The van der Waals surface area contributed by atoms with Crippen molar-refractivity contribution >= 4 is 27.6 Å². The fourth-order valence-electron chi connectivity index (χ4n) is 1.43. The molecule has 0 amide bonds. The minimum absolute atomic E-state index is 0.0346. The number of carboxylic acid groups (broad SMARTS) is 1. The number of halogens is 1. The van der Waals surface area contributed by atoms with Gasteiger partial charge < -0.3 is 5.11 Å². The molecule has 0 heterocycles. The van der Waals surface area contributed by atoms with Crippen molar-refractivity contribution in [3.63, 3.8) is 0 Å². The van der Waals surface area contributed by atoms with E-state index in [2.05, 4.69) is 5.92 Å². The SMILES string of the molecule is C#CCN(CC(=O)O)S(=O)(=O)c1ccc(C)cc1Cl. The molecule has 0 aliphatic rings. The van der Waals surface area contributed by atoms with Gasteiger partial charge in [0.05, 0.1) is 11.6 Å². The first-order valence-electron chi connectivity index (χ1n) is 5.20. The highest BCUT2D eigenvalue weighted by molar-refractivity contribution is 7.89. The molecule has 0 fully saturated rings. The zero-order chi connectivity index (χ0) is 14.6. The minimum Gasteiger partial charge on any atom is -0.480 e. The summed E-state index contributed by atoms with van der Waals surface area (Å²) < 4.78 is 25.2. The second-order valence-corrected chi connectivity index (χ2v) is 6.12. The molecule has 1 rings (SSSR count). The molecule has 0 saturated heterocycles. The van der Waals surface area contributed by atoms with Gasteiger partial charge in [0.15, 0.2) is 0 Å². The van der Waals surface area contributed by atoms with Crippen LogP contribution in [0.1, 0.15) is 5.56 Å². The summed E-state index contributed by atoms with van der Waals surface area (Å²) in [7, 11) is -4.03. The summed E-state index contributed by atoms with van der Waals surface area (Å²) in [5.74, 6) is 0.830. The molecule has 0 bridgehead atoms. The molecule has 5 nitrogen and oxygen atoms in total. The maximum Gasteiger partial charge on any atom is 0.318 e. The van der Waals surface area contributed by atoms with Crippen molar-refractivity contribution in [2.45, 2.75) is 11.8 Å². The maximum absolute atomic E-state index is 12.3. The second kappa shape index (κ2) is 6.06. The Balaban J connectivity index is 3.27. The van der Waals surface area contributed by atoms with Gasteiger partial charge in [0, 0.05) is 0 Å². The zero-order valence-electron chi connectivity index (χ0n) is 10.1. The van der Waals surface area contributed by atoms with Gasteiger partial charge in [-0.3, -0.25) is 4.79 Å². The largest absolute Gasteiger partial charge is 0.480 e. The van der Waals surface area contributed by atoms with Gasteiger partial charge in [-0.25, -0.2) is 8.42 Å². The molecule has 0 aromatic heterocycles. The Kier molecular flexibility index (Phi) is 4.95. The number of sulfonamides is 1. The summed E-state index contributed by atoms with van der Waals surface area (Å²) in [6.07, 6.45) is 5.06. The number of hydrogen-bond acceptors (Lipinski definition) is 3. The van der Waals surface area contributed by atoms with Crippen molar-refractivity contribution in [3.8, 4) is 12.3 Å². The molecule has 19 heavy (non-hydrogen) atoms. The molecule has 1 N–H and O–H groups in total. The molecule has 0 atom stereocenters. The van der Waals surface area contributed by atoms with Crippen LogP contribution in [0.25, 0.3) is 0 Å². The second-order valence-electron chi connectivity index (χ2n) is 3.80. The van der Waals surface area contributed by atoms with Crippen LogP contribution in [-0.2, 0) is 14.8 Å². The van der Waals surface area contributed by atoms with E-state index in [-0.39, 0.29) is 16.5 Å². The van der Waals surface area contributed by atoms with E-state index in [0.29, 0.717) is 4.31 Å². The van der Waals surface area contributed by atoms with Crippen molar-refractivity contribution in [3.05, 3.63) is 28.8 Å². The molecule has 0 aliphatic heterocycles. The fraction of sp³-hybridized carbons (Fsp3) is 0.250. The van der Waals surface area contributed by atoms with Gasteiger partial charge in [0.2, 0.25) is 10.0 Å². The number of terminal acetylenes is 1. The van der Waals surface area contributed by atoms with Crippen LogP contribution >= 0.6 is 11.6 Å². The van der Waals surface area contributed by atoms with Crippen LogP contribution in [0, 0.1) is 19.3 Å². The van der Waals surface area contributed by atoms with E-state index in [9.17, 15) is 13.2 Å². The van der Waals surface area contributed by atoms with E-state index < -0.39 is 22.5 Å². The predicted octanol–water partition coefficient (Wildman–Crippen LogP) is 1.36. The van der Waals surface area contributed by atoms with E-state index in [1.165, 1.54) is 12.1 Å². The highest BCUT2D eigenvalue weighted by Gasteiger charge is 2.27. The average Bonchev–Trinajstić information content (AvgIpc) is 2.27. The molecule has 0 aliphatic carbocycles. The van der Waals surface area contributed by atoms with Crippen molar-refractivity contribution in [1.82, 2.24) is 4.31 Å². The van der Waals surface area contributed by atoms with Gasteiger partial charge >= 0.3 is 5.97 Å². The van der Waals surface area contributed by atoms with Crippen molar-refractivity contribution in [2.75, 3.05) is 13.1 Å². The third-order valence-electron chi connectivity index (χ3n) is 2.28. The van der Waals surface area contributed by atoms with Crippen LogP contribution in [0.3, 0.4) is 0 Å². The topological polar surface area (TPSA) is 74.7 Å². The van der Waals surface area contributed by atoms with Crippen LogP contribution in [-0.4, -0.2) is 36.9 Å². The molecule has 1 aromatic rings. The van der Waals surface area contributed by atoms with Crippen molar-refractivity contribution in [2.24, 2.45) is 0 Å². The first kappa shape index (κ1) is 15.5. The van der Waals surface area contributed by atoms with Crippen LogP contribution in [0.2, 0.25) is 5.02 Å². The van der Waals surface area contributed by atoms with Crippen LogP contribution in [0.4, 0.5) is 0 Å². The molecule has 102 valence electrons. The zero-order valence-corrected chi connectivity index (χ0v) is 11.7. The normalized spacial score (nSPS) is 11.3. The Morgan fingerprint density at radius 1 is 1.53 bits per heavy atom. The number of rotatable bonds is 5. The number of aliphatic carboxylic acids is 1. The Morgan fingerprint density at radius 3 is 2.63 bits per heavy atom. The molecular formula is C12H12ClNO4S. The number of carboxylic acids is 1. The molecule has 0 radical (unpaired) electrons. The molecule has 0 spiro atoms. The van der Waals surface area contributed by atoms with Crippen molar-refractivity contribution < 1.29 is 18.3 Å². The smallest absolute Gasteiger partial charge is 0.318 e. The van der Waals surface area contributed by atoms with E-state index in [0.717, 1.165) is 5.56 Å². The van der Waals surface area contributed by atoms with Crippen LogP contribution in [0.15, 0.2) is 23.1 Å². The third kappa shape index (κ3) is 3.70. The fourth-order valence-corrected chi connectivity index (χ4v) is 3.31. The maximum atomic E-state index is 12.3. The van der Waals surface area contributed by atoms with Crippen molar-refractivity contribution in [1.29, 1.82) is 0 Å². The predicted molar refractivity (Wildman–Crippen MR) is 71.4 cm³/mol. The Hall–Kier alpha value is -1.55. The summed E-state index contributed by atoms with van der Waals surface area (Å²) in [5, 5.41) is 8.76. The standard InChI is InChI=1S/C12H12ClNO4S/c1-3-6-14(8-12(15)16)19(17,18)11-5-4-9(2)7-10(11)13/h1,4-5,7H,6,8H2,2H3,(H,15,16). The number of carbonyl (C=O) groups is 1. The van der Waals surface area contributed by atoms with Gasteiger partial charge in [-0.2, -0.15) is 4.31 Å². The molecule has 0 unspecified atom stereocenters. The lowest BCUT2D eigenvalue weighted by Gasteiger charge is -2.18. The van der Waals surface area contributed by atoms with Crippen LogP contribution < -0.4 is 0 Å². The Morgan fingerprint density at radius 2 is 2.16 bits per heavy atom. The molecule has 0 saturated carbocycles. The number of hydrogen-bond donors (Lipinski definition) is 1. The van der Waals surface area contributed by atoms with Gasteiger partial charge in [-0.05, 0) is 24.6 Å².